The molecule has 7 nitrogen and oxygen atoms in total. The van der Waals surface area contributed by atoms with Crippen LogP contribution in [-0.2, 0) is 4.74 Å². The lowest BCUT2D eigenvalue weighted by Crippen LogP contribution is -2.39. The molecule has 2 aromatic heterocycles. The number of fused-ring (bicyclic) bond motifs is 1. The molecule has 2 N–H and O–H groups in total. The molecule has 0 bridgehead atoms. The second-order valence-corrected chi connectivity index (χ2v) is 8.01. The number of methoxy groups -OCH3 is 1. The summed E-state index contributed by atoms with van der Waals surface area (Å²) in [6.45, 7) is 6.52. The molecule has 30 heavy (non-hydrogen) atoms. The van der Waals surface area contributed by atoms with Crippen molar-refractivity contribution in [1.29, 1.82) is 0 Å². The van der Waals surface area contributed by atoms with Crippen molar-refractivity contribution in [3.8, 4) is 11.1 Å². The van der Waals surface area contributed by atoms with Gasteiger partial charge >= 0.3 is 0 Å². The van der Waals surface area contributed by atoms with Crippen LogP contribution in [0, 0.1) is 12.8 Å². The third-order valence-electron chi connectivity index (χ3n) is 5.89. The molecule has 0 spiro atoms. The lowest BCUT2D eigenvalue weighted by atomic mass is 9.96. The largest absolute Gasteiger partial charge is 0.383 e. The molecule has 1 aliphatic rings. The Kier molecular flexibility index (Phi) is 6.40. The van der Waals surface area contributed by atoms with Crippen LogP contribution in [0.3, 0.4) is 0 Å². The number of rotatable bonds is 7. The van der Waals surface area contributed by atoms with E-state index in [0.29, 0.717) is 18.2 Å². The SMILES string of the molecule is COCCN1CCC(CNC(=O)c2n[nH]c3ccc(-c4ccc(C)nc4)cc23)CC1. The van der Waals surface area contributed by atoms with Crippen LogP contribution in [-0.4, -0.2) is 65.9 Å². The number of hydrogen-bond acceptors (Lipinski definition) is 5. The maximum atomic E-state index is 12.8. The van der Waals surface area contributed by atoms with Crippen LogP contribution in [0.25, 0.3) is 22.0 Å². The van der Waals surface area contributed by atoms with Crippen molar-refractivity contribution in [1.82, 2.24) is 25.4 Å². The van der Waals surface area contributed by atoms with Crippen molar-refractivity contribution in [2.75, 3.05) is 39.9 Å². The fourth-order valence-electron chi connectivity index (χ4n) is 3.96. The van der Waals surface area contributed by atoms with Crippen LogP contribution < -0.4 is 5.32 Å². The second-order valence-electron chi connectivity index (χ2n) is 8.01. The van der Waals surface area contributed by atoms with Crippen LogP contribution in [0.2, 0.25) is 0 Å². The Labute approximate surface area is 176 Å². The maximum Gasteiger partial charge on any atom is 0.272 e. The van der Waals surface area contributed by atoms with Gasteiger partial charge in [0.2, 0.25) is 0 Å². The van der Waals surface area contributed by atoms with Gasteiger partial charge in [-0.25, -0.2) is 0 Å². The zero-order valence-corrected chi connectivity index (χ0v) is 17.6. The molecule has 0 radical (unpaired) electrons. The molecule has 1 fully saturated rings. The zero-order valence-electron chi connectivity index (χ0n) is 17.6. The van der Waals surface area contributed by atoms with Crippen molar-refractivity contribution in [2.45, 2.75) is 19.8 Å². The minimum atomic E-state index is -0.123. The highest BCUT2D eigenvalue weighted by atomic mass is 16.5. The van der Waals surface area contributed by atoms with Gasteiger partial charge in [0.15, 0.2) is 5.69 Å². The Bertz CT molecular complexity index is 991. The standard InChI is InChI=1S/C23H29N5O2/c1-16-3-4-19(15-24-16)18-5-6-21-20(13-18)22(27-26-21)23(29)25-14-17-7-9-28(10-8-17)11-12-30-2/h3-6,13,15,17H,7-12,14H2,1-2H3,(H,25,29)(H,26,27). The molecule has 3 heterocycles. The van der Waals surface area contributed by atoms with E-state index in [1.807, 2.05) is 43.5 Å². The number of amides is 1. The van der Waals surface area contributed by atoms with Crippen LogP contribution in [0.1, 0.15) is 29.0 Å². The Hall–Kier alpha value is -2.77. The van der Waals surface area contributed by atoms with Crippen molar-refractivity contribution in [2.24, 2.45) is 5.92 Å². The highest BCUT2D eigenvalue weighted by molar-refractivity contribution is 6.05. The molecule has 1 amide bonds. The van der Waals surface area contributed by atoms with Gasteiger partial charge in [-0.3, -0.25) is 14.9 Å². The quantitative estimate of drug-likeness (QED) is 0.629. The lowest BCUT2D eigenvalue weighted by molar-refractivity contribution is 0.0922. The molecule has 3 aromatic rings. The molecule has 0 aliphatic carbocycles. The van der Waals surface area contributed by atoms with Crippen LogP contribution >= 0.6 is 0 Å². The molecule has 0 saturated carbocycles. The number of aromatic amines is 1. The number of piperidine rings is 1. The number of H-pyrrole nitrogens is 1. The second kappa shape index (κ2) is 9.36. The minimum absolute atomic E-state index is 0.123. The number of hydrogen-bond donors (Lipinski definition) is 2. The first-order valence-electron chi connectivity index (χ1n) is 10.5. The highest BCUT2D eigenvalue weighted by Crippen LogP contribution is 2.25. The summed E-state index contributed by atoms with van der Waals surface area (Å²) in [6, 6.07) is 10.0. The Morgan fingerprint density at radius 1 is 1.23 bits per heavy atom. The Morgan fingerprint density at radius 2 is 2.03 bits per heavy atom. The molecule has 4 rings (SSSR count). The summed E-state index contributed by atoms with van der Waals surface area (Å²) >= 11 is 0. The maximum absolute atomic E-state index is 12.8. The van der Waals surface area contributed by atoms with Gasteiger partial charge in [-0.05, 0) is 62.5 Å². The highest BCUT2D eigenvalue weighted by Gasteiger charge is 2.21. The number of likely N-dealkylation sites (tertiary alicyclic amines) is 1. The van der Waals surface area contributed by atoms with Gasteiger partial charge in [-0.15, -0.1) is 0 Å². The smallest absolute Gasteiger partial charge is 0.272 e. The summed E-state index contributed by atoms with van der Waals surface area (Å²) in [7, 11) is 1.74. The molecule has 158 valence electrons. The number of ether oxygens (including phenoxy) is 1. The van der Waals surface area contributed by atoms with E-state index in [4.69, 9.17) is 4.74 Å². The van der Waals surface area contributed by atoms with Gasteiger partial charge in [-0.1, -0.05) is 12.1 Å². The molecule has 7 heteroatoms. The van der Waals surface area contributed by atoms with Crippen LogP contribution in [0.15, 0.2) is 36.5 Å². The summed E-state index contributed by atoms with van der Waals surface area (Å²) in [6.07, 6.45) is 4.04. The number of carbonyl (C=O) groups is 1. The van der Waals surface area contributed by atoms with Gasteiger partial charge in [0.05, 0.1) is 12.1 Å². The van der Waals surface area contributed by atoms with Crippen LogP contribution in [0.5, 0.6) is 0 Å². The van der Waals surface area contributed by atoms with Crippen molar-refractivity contribution in [3.63, 3.8) is 0 Å². The molecule has 1 saturated heterocycles. The summed E-state index contributed by atoms with van der Waals surface area (Å²) in [4.78, 5) is 19.6. The van der Waals surface area contributed by atoms with Crippen molar-refractivity contribution in [3.05, 3.63) is 47.9 Å². The molecular weight excluding hydrogens is 378 g/mol. The number of nitrogens with one attached hydrogen (secondary N) is 2. The third-order valence-corrected chi connectivity index (χ3v) is 5.89. The lowest BCUT2D eigenvalue weighted by Gasteiger charge is -2.31. The topological polar surface area (TPSA) is 83.1 Å². The summed E-state index contributed by atoms with van der Waals surface area (Å²) < 4.78 is 5.16. The monoisotopic (exact) mass is 407 g/mol. The predicted octanol–water partition coefficient (Wildman–Crippen LogP) is 3.02. The number of aryl methyl sites for hydroxylation is 1. The van der Waals surface area contributed by atoms with E-state index in [-0.39, 0.29) is 5.91 Å². The van der Waals surface area contributed by atoms with E-state index >= 15 is 0 Å². The first-order valence-corrected chi connectivity index (χ1v) is 10.5. The van der Waals surface area contributed by atoms with E-state index in [9.17, 15) is 4.79 Å². The molecule has 0 unspecified atom stereocenters. The van der Waals surface area contributed by atoms with Gasteiger partial charge < -0.3 is 15.0 Å². The third kappa shape index (κ3) is 4.68. The first kappa shape index (κ1) is 20.5. The summed E-state index contributed by atoms with van der Waals surface area (Å²) in [5.74, 6) is 0.384. The first-order chi connectivity index (χ1) is 14.6. The molecule has 0 atom stereocenters. The number of nitrogens with zero attached hydrogens (tertiary/aromatic N) is 3. The van der Waals surface area contributed by atoms with Crippen molar-refractivity contribution < 1.29 is 9.53 Å². The average molecular weight is 408 g/mol. The number of pyridine rings is 1. The molecular formula is C23H29N5O2. The van der Waals surface area contributed by atoms with Gasteiger partial charge in [0.25, 0.3) is 5.91 Å². The predicted molar refractivity (Wildman–Crippen MR) is 117 cm³/mol. The number of carbonyl (C=O) groups excluding carboxylic acids is 1. The average Bonchev–Trinajstić information content (AvgIpc) is 3.20. The normalized spacial score (nSPS) is 15.5. The van der Waals surface area contributed by atoms with E-state index in [1.165, 1.54) is 0 Å². The van der Waals surface area contributed by atoms with Crippen molar-refractivity contribution >= 4 is 16.8 Å². The van der Waals surface area contributed by atoms with Crippen LogP contribution in [0.4, 0.5) is 0 Å². The fraction of sp³-hybridized carbons (Fsp3) is 0.435. The minimum Gasteiger partial charge on any atom is -0.383 e. The Morgan fingerprint density at radius 3 is 2.77 bits per heavy atom. The van der Waals surface area contributed by atoms with E-state index < -0.39 is 0 Å². The number of benzene rings is 1. The van der Waals surface area contributed by atoms with Gasteiger partial charge in [-0.2, -0.15) is 5.10 Å². The fourth-order valence-corrected chi connectivity index (χ4v) is 3.96. The number of aromatic nitrogens is 3. The van der Waals surface area contributed by atoms with Gasteiger partial charge in [0.1, 0.15) is 0 Å². The zero-order chi connectivity index (χ0) is 20.9. The molecule has 1 aliphatic heterocycles. The van der Waals surface area contributed by atoms with E-state index in [0.717, 1.165) is 66.8 Å². The van der Waals surface area contributed by atoms with E-state index in [2.05, 4.69) is 25.4 Å². The van der Waals surface area contributed by atoms with Gasteiger partial charge in [0, 0.05) is 43.0 Å². The summed E-state index contributed by atoms with van der Waals surface area (Å²) in [5, 5.41) is 11.2. The van der Waals surface area contributed by atoms with E-state index in [1.54, 1.807) is 7.11 Å². The summed E-state index contributed by atoms with van der Waals surface area (Å²) in [5.41, 5.74) is 4.33. The molecule has 1 aromatic carbocycles. The Balaban J connectivity index is 1.40.